The molecule has 0 heterocycles. The number of nitrogens with zero attached hydrogens (tertiary/aromatic N) is 1. The summed E-state index contributed by atoms with van der Waals surface area (Å²) in [6.07, 6.45) is -0.438. The molecule has 0 aromatic heterocycles. The smallest absolute Gasteiger partial charge is 0.407 e. The highest BCUT2D eigenvalue weighted by Gasteiger charge is 2.15. The Bertz CT molecular complexity index is 287. The second kappa shape index (κ2) is 9.43. The molecule has 0 atom stereocenters. The maximum atomic E-state index is 11.4. The summed E-state index contributed by atoms with van der Waals surface area (Å²) in [6.45, 7) is 9.43. The molecule has 0 rings (SSSR count). The lowest BCUT2D eigenvalue weighted by Gasteiger charge is -2.19. The molecule has 0 aromatic carbocycles. The average Bonchev–Trinajstić information content (AvgIpc) is 2.29. The molecule has 0 aliphatic heterocycles. The van der Waals surface area contributed by atoms with E-state index in [4.69, 9.17) is 9.84 Å². The Morgan fingerprint density at radius 1 is 1.21 bits per heavy atom. The topological polar surface area (TPSA) is 95.0 Å². The normalized spacial score (nSPS) is 11.9. The van der Waals surface area contributed by atoms with Crippen molar-refractivity contribution >= 4 is 12.1 Å². The first-order chi connectivity index (χ1) is 8.89. The van der Waals surface area contributed by atoms with Crippen molar-refractivity contribution in [3.8, 4) is 0 Å². The highest BCUT2D eigenvalue weighted by atomic mass is 16.6. The molecule has 1 amide bonds. The molecule has 0 unspecified atom stereocenters. The van der Waals surface area contributed by atoms with Crippen molar-refractivity contribution in [2.75, 3.05) is 32.8 Å². The lowest BCUT2D eigenvalue weighted by molar-refractivity contribution is 0.0529. The molecular formula is C12H26N4O3. The third-order valence-electron chi connectivity index (χ3n) is 1.80. The molecule has 0 saturated heterocycles. The van der Waals surface area contributed by atoms with Crippen molar-refractivity contribution < 1.29 is 14.6 Å². The number of aliphatic hydroxyl groups excluding tert-OH is 1. The molecule has 0 aromatic rings. The van der Waals surface area contributed by atoms with Gasteiger partial charge < -0.3 is 25.8 Å². The standard InChI is InChI=1S/C12H26N4O3/c1-5-13-10(15-8-9-17)14-6-7-16-11(18)19-12(2,3)4/h17H,5-9H2,1-4H3,(H,16,18)(H2,13,14,15). The predicted molar refractivity (Wildman–Crippen MR) is 75.3 cm³/mol. The summed E-state index contributed by atoms with van der Waals surface area (Å²) < 4.78 is 5.10. The number of carbonyl (C=O) groups is 1. The zero-order chi connectivity index (χ0) is 14.7. The van der Waals surface area contributed by atoms with Gasteiger partial charge in [0.05, 0.1) is 13.2 Å². The SMILES string of the molecule is CCNC(=NCCO)NCCNC(=O)OC(C)(C)C. The number of rotatable bonds is 6. The van der Waals surface area contributed by atoms with Crippen LogP contribution in [0.15, 0.2) is 4.99 Å². The number of alkyl carbamates (subject to hydrolysis) is 1. The van der Waals surface area contributed by atoms with E-state index in [-0.39, 0.29) is 6.61 Å². The minimum absolute atomic E-state index is 0.00668. The summed E-state index contributed by atoms with van der Waals surface area (Å²) in [5, 5.41) is 17.4. The van der Waals surface area contributed by atoms with Gasteiger partial charge in [0.15, 0.2) is 5.96 Å². The lowest BCUT2D eigenvalue weighted by atomic mass is 10.2. The second-order valence-corrected chi connectivity index (χ2v) is 4.84. The van der Waals surface area contributed by atoms with Crippen LogP contribution in [0.25, 0.3) is 0 Å². The van der Waals surface area contributed by atoms with E-state index in [2.05, 4.69) is 20.9 Å². The van der Waals surface area contributed by atoms with Crippen LogP contribution in [-0.4, -0.2) is 55.5 Å². The van der Waals surface area contributed by atoms with Gasteiger partial charge >= 0.3 is 6.09 Å². The Hall–Kier alpha value is -1.50. The Morgan fingerprint density at radius 2 is 1.84 bits per heavy atom. The van der Waals surface area contributed by atoms with Crippen molar-refractivity contribution in [2.24, 2.45) is 4.99 Å². The predicted octanol–water partition coefficient (Wildman–Crippen LogP) is 0.0585. The van der Waals surface area contributed by atoms with E-state index < -0.39 is 11.7 Å². The maximum Gasteiger partial charge on any atom is 0.407 e. The number of hydrogen-bond acceptors (Lipinski definition) is 4. The van der Waals surface area contributed by atoms with Crippen LogP contribution >= 0.6 is 0 Å². The summed E-state index contributed by atoms with van der Waals surface area (Å²) in [7, 11) is 0. The van der Waals surface area contributed by atoms with Gasteiger partial charge in [-0.2, -0.15) is 0 Å². The number of hydrogen-bond donors (Lipinski definition) is 4. The fourth-order valence-corrected chi connectivity index (χ4v) is 1.16. The molecule has 0 aliphatic rings. The zero-order valence-corrected chi connectivity index (χ0v) is 12.2. The van der Waals surface area contributed by atoms with Crippen molar-refractivity contribution in [1.29, 1.82) is 0 Å². The summed E-state index contributed by atoms with van der Waals surface area (Å²) >= 11 is 0. The van der Waals surface area contributed by atoms with Gasteiger partial charge in [-0.05, 0) is 27.7 Å². The Balaban J connectivity index is 3.85. The van der Waals surface area contributed by atoms with Gasteiger partial charge in [-0.1, -0.05) is 0 Å². The lowest BCUT2D eigenvalue weighted by Crippen LogP contribution is -2.42. The minimum Gasteiger partial charge on any atom is -0.444 e. The zero-order valence-electron chi connectivity index (χ0n) is 12.2. The van der Waals surface area contributed by atoms with Crippen LogP contribution in [0, 0.1) is 0 Å². The molecule has 0 fully saturated rings. The molecule has 0 saturated carbocycles. The first-order valence-electron chi connectivity index (χ1n) is 6.49. The van der Waals surface area contributed by atoms with Crippen molar-refractivity contribution in [1.82, 2.24) is 16.0 Å². The molecule has 4 N–H and O–H groups in total. The molecule has 7 heteroatoms. The number of ether oxygens (including phenoxy) is 1. The van der Waals surface area contributed by atoms with Gasteiger partial charge in [0.25, 0.3) is 0 Å². The van der Waals surface area contributed by atoms with Crippen molar-refractivity contribution in [3.05, 3.63) is 0 Å². The summed E-state index contributed by atoms with van der Waals surface area (Å²) in [5.74, 6) is 0.613. The summed E-state index contributed by atoms with van der Waals surface area (Å²) in [5.41, 5.74) is -0.491. The molecular weight excluding hydrogens is 248 g/mol. The summed E-state index contributed by atoms with van der Waals surface area (Å²) in [6, 6.07) is 0. The van der Waals surface area contributed by atoms with E-state index in [0.29, 0.717) is 25.6 Å². The van der Waals surface area contributed by atoms with Crippen LogP contribution in [0.4, 0.5) is 4.79 Å². The fraction of sp³-hybridized carbons (Fsp3) is 0.833. The Kier molecular flexibility index (Phi) is 8.69. The van der Waals surface area contributed by atoms with E-state index in [1.165, 1.54) is 0 Å². The molecule has 0 radical (unpaired) electrons. The van der Waals surface area contributed by atoms with E-state index in [9.17, 15) is 4.79 Å². The van der Waals surface area contributed by atoms with Crippen LogP contribution in [0.1, 0.15) is 27.7 Å². The van der Waals surface area contributed by atoms with Crippen molar-refractivity contribution in [3.63, 3.8) is 0 Å². The molecule has 0 spiro atoms. The van der Waals surface area contributed by atoms with Gasteiger partial charge in [0.2, 0.25) is 0 Å². The molecule has 19 heavy (non-hydrogen) atoms. The molecule has 0 aliphatic carbocycles. The summed E-state index contributed by atoms with van der Waals surface area (Å²) in [4.78, 5) is 15.5. The van der Waals surface area contributed by atoms with E-state index in [1.807, 2.05) is 27.7 Å². The molecule has 112 valence electrons. The second-order valence-electron chi connectivity index (χ2n) is 4.84. The average molecular weight is 274 g/mol. The third kappa shape index (κ3) is 11.3. The fourth-order valence-electron chi connectivity index (χ4n) is 1.16. The number of aliphatic hydroxyl groups is 1. The number of guanidine groups is 1. The molecule has 0 bridgehead atoms. The van der Waals surface area contributed by atoms with Gasteiger partial charge in [0.1, 0.15) is 5.60 Å². The first kappa shape index (κ1) is 17.5. The van der Waals surface area contributed by atoms with Crippen LogP contribution in [0.5, 0.6) is 0 Å². The quantitative estimate of drug-likeness (QED) is 0.312. The largest absolute Gasteiger partial charge is 0.444 e. The van der Waals surface area contributed by atoms with Crippen LogP contribution < -0.4 is 16.0 Å². The number of amides is 1. The maximum absolute atomic E-state index is 11.4. The van der Waals surface area contributed by atoms with Gasteiger partial charge in [-0.25, -0.2) is 4.79 Å². The Labute approximate surface area is 114 Å². The monoisotopic (exact) mass is 274 g/mol. The first-order valence-corrected chi connectivity index (χ1v) is 6.49. The number of carbonyl (C=O) groups excluding carboxylic acids is 1. The number of aliphatic imine (C=N–C) groups is 1. The van der Waals surface area contributed by atoms with E-state index in [1.54, 1.807) is 0 Å². The minimum atomic E-state index is -0.491. The highest BCUT2D eigenvalue weighted by Crippen LogP contribution is 2.05. The van der Waals surface area contributed by atoms with Gasteiger partial charge in [-0.15, -0.1) is 0 Å². The van der Waals surface area contributed by atoms with Crippen LogP contribution in [-0.2, 0) is 4.74 Å². The Morgan fingerprint density at radius 3 is 2.37 bits per heavy atom. The van der Waals surface area contributed by atoms with Crippen LogP contribution in [0.3, 0.4) is 0 Å². The number of nitrogens with one attached hydrogen (secondary N) is 3. The van der Waals surface area contributed by atoms with Crippen LogP contribution in [0.2, 0.25) is 0 Å². The van der Waals surface area contributed by atoms with Crippen molar-refractivity contribution in [2.45, 2.75) is 33.3 Å². The van der Waals surface area contributed by atoms with Gasteiger partial charge in [-0.3, -0.25) is 4.99 Å². The molecule has 7 nitrogen and oxygen atoms in total. The van der Waals surface area contributed by atoms with E-state index in [0.717, 1.165) is 6.54 Å². The van der Waals surface area contributed by atoms with E-state index >= 15 is 0 Å². The third-order valence-corrected chi connectivity index (χ3v) is 1.80. The van der Waals surface area contributed by atoms with Gasteiger partial charge in [0, 0.05) is 19.6 Å². The highest BCUT2D eigenvalue weighted by molar-refractivity contribution is 5.79.